The third-order valence-electron chi connectivity index (χ3n) is 4.20. The van der Waals surface area contributed by atoms with Crippen molar-refractivity contribution in [2.75, 3.05) is 0 Å². The van der Waals surface area contributed by atoms with Crippen LogP contribution in [0.5, 0.6) is 0 Å². The molecule has 2 amide bonds. The molecule has 0 bridgehead atoms. The summed E-state index contributed by atoms with van der Waals surface area (Å²) >= 11 is 1.20. The minimum atomic E-state index is -0.634. The molecule has 0 radical (unpaired) electrons. The highest BCUT2D eigenvalue weighted by Crippen LogP contribution is 2.28. The van der Waals surface area contributed by atoms with Crippen LogP contribution in [0.2, 0.25) is 0 Å². The van der Waals surface area contributed by atoms with Crippen molar-refractivity contribution >= 4 is 34.1 Å². The SMILES string of the molecule is O=C(Cn1nnc2ccccc2c1=O)NNC(=O)c1ccc(-c2ccc(F)cc2)s1. The number of amides is 2. The highest BCUT2D eigenvalue weighted by atomic mass is 32.1. The van der Waals surface area contributed by atoms with Crippen molar-refractivity contribution in [1.29, 1.82) is 0 Å². The van der Waals surface area contributed by atoms with E-state index in [4.69, 9.17) is 0 Å². The predicted molar refractivity (Wildman–Crippen MR) is 109 cm³/mol. The van der Waals surface area contributed by atoms with Crippen molar-refractivity contribution in [2.45, 2.75) is 6.54 Å². The summed E-state index contributed by atoms with van der Waals surface area (Å²) in [5.74, 6) is -1.49. The number of nitrogens with zero attached hydrogens (tertiary/aromatic N) is 3. The summed E-state index contributed by atoms with van der Waals surface area (Å²) in [6, 6.07) is 15.9. The molecule has 8 nitrogen and oxygen atoms in total. The minimum absolute atomic E-state index is 0.341. The molecule has 150 valence electrons. The lowest BCUT2D eigenvalue weighted by molar-refractivity contribution is -0.122. The standard InChI is InChI=1S/C20H14FN5O3S/c21-13-7-5-12(6-8-13)16-9-10-17(30-16)19(28)24-23-18(27)11-26-20(29)14-3-1-2-4-15(14)22-25-26/h1-10H,11H2,(H,23,27)(H,24,28). The molecule has 0 saturated carbocycles. The van der Waals surface area contributed by atoms with E-state index < -0.39 is 23.9 Å². The fourth-order valence-electron chi connectivity index (χ4n) is 2.72. The molecule has 0 unspecified atom stereocenters. The van der Waals surface area contributed by atoms with Crippen LogP contribution in [-0.2, 0) is 11.3 Å². The zero-order chi connectivity index (χ0) is 21.1. The van der Waals surface area contributed by atoms with Crippen LogP contribution in [0.4, 0.5) is 4.39 Å². The summed E-state index contributed by atoms with van der Waals surface area (Å²) in [4.78, 5) is 37.9. The minimum Gasteiger partial charge on any atom is -0.271 e. The van der Waals surface area contributed by atoms with Crippen molar-refractivity contribution in [3.63, 3.8) is 0 Å². The van der Waals surface area contributed by atoms with Gasteiger partial charge in [0.1, 0.15) is 17.9 Å². The molecule has 2 N–H and O–H groups in total. The Kier molecular flexibility index (Phi) is 5.31. The van der Waals surface area contributed by atoms with E-state index in [0.717, 1.165) is 15.1 Å². The molecular weight excluding hydrogens is 409 g/mol. The lowest BCUT2D eigenvalue weighted by Crippen LogP contribution is -2.44. The third-order valence-corrected chi connectivity index (χ3v) is 5.33. The molecule has 0 atom stereocenters. The Bertz CT molecular complexity index is 1300. The van der Waals surface area contributed by atoms with Gasteiger partial charge < -0.3 is 0 Å². The van der Waals surface area contributed by atoms with Gasteiger partial charge in [0.25, 0.3) is 17.4 Å². The van der Waals surface area contributed by atoms with Gasteiger partial charge in [-0.05, 0) is 42.0 Å². The van der Waals surface area contributed by atoms with E-state index in [2.05, 4.69) is 21.2 Å². The monoisotopic (exact) mass is 423 g/mol. The number of hydrogen-bond acceptors (Lipinski definition) is 6. The molecule has 10 heteroatoms. The van der Waals surface area contributed by atoms with Gasteiger partial charge in [0, 0.05) is 4.88 Å². The van der Waals surface area contributed by atoms with Gasteiger partial charge in [0.05, 0.1) is 10.3 Å². The van der Waals surface area contributed by atoms with Crippen LogP contribution in [0.15, 0.2) is 65.5 Å². The first-order chi connectivity index (χ1) is 14.5. The predicted octanol–water partition coefficient (Wildman–Crippen LogP) is 2.12. The molecule has 2 aromatic carbocycles. The van der Waals surface area contributed by atoms with Gasteiger partial charge in [-0.3, -0.25) is 25.2 Å². The quantitative estimate of drug-likeness (QED) is 0.489. The van der Waals surface area contributed by atoms with E-state index in [0.29, 0.717) is 15.8 Å². The number of thiophene rings is 1. The highest BCUT2D eigenvalue weighted by molar-refractivity contribution is 7.17. The van der Waals surface area contributed by atoms with E-state index in [-0.39, 0.29) is 5.82 Å². The Morgan fingerprint density at radius 2 is 1.77 bits per heavy atom. The Morgan fingerprint density at radius 1 is 1.00 bits per heavy atom. The maximum atomic E-state index is 13.0. The van der Waals surface area contributed by atoms with Crippen LogP contribution in [0, 0.1) is 5.82 Å². The summed E-state index contributed by atoms with van der Waals surface area (Å²) in [7, 11) is 0. The Labute approximate surface area is 172 Å². The number of carbonyl (C=O) groups excluding carboxylic acids is 2. The lowest BCUT2D eigenvalue weighted by atomic mass is 10.2. The van der Waals surface area contributed by atoms with Crippen LogP contribution in [-0.4, -0.2) is 26.8 Å². The van der Waals surface area contributed by atoms with E-state index in [1.54, 1.807) is 48.5 Å². The molecule has 4 rings (SSSR count). The second-order valence-electron chi connectivity index (χ2n) is 6.24. The smallest absolute Gasteiger partial charge is 0.271 e. The lowest BCUT2D eigenvalue weighted by Gasteiger charge is -2.07. The first-order valence-corrected chi connectivity index (χ1v) is 9.60. The fraction of sp³-hybridized carbons (Fsp3) is 0.0500. The molecule has 2 heterocycles. The number of nitrogens with one attached hydrogen (secondary N) is 2. The van der Waals surface area contributed by atoms with Crippen molar-refractivity contribution in [1.82, 2.24) is 25.8 Å². The van der Waals surface area contributed by atoms with Gasteiger partial charge in [0.2, 0.25) is 0 Å². The number of halogens is 1. The number of hydrazine groups is 1. The molecule has 0 fully saturated rings. The summed E-state index contributed by atoms with van der Waals surface area (Å²) in [5, 5.41) is 7.97. The first kappa shape index (κ1) is 19.4. The van der Waals surface area contributed by atoms with E-state index in [1.165, 1.54) is 23.5 Å². The normalized spacial score (nSPS) is 10.7. The maximum Gasteiger partial charge on any atom is 0.279 e. The van der Waals surface area contributed by atoms with Crippen molar-refractivity contribution in [3.8, 4) is 10.4 Å². The Balaban J connectivity index is 1.38. The second kappa shape index (κ2) is 8.21. The van der Waals surface area contributed by atoms with Crippen molar-refractivity contribution in [3.05, 3.63) is 81.7 Å². The highest BCUT2D eigenvalue weighted by Gasteiger charge is 2.13. The molecule has 30 heavy (non-hydrogen) atoms. The van der Waals surface area contributed by atoms with Crippen molar-refractivity contribution < 1.29 is 14.0 Å². The van der Waals surface area contributed by atoms with Gasteiger partial charge in [-0.1, -0.05) is 29.5 Å². The molecule has 2 aromatic heterocycles. The number of hydrogen-bond donors (Lipinski definition) is 2. The zero-order valence-corrected chi connectivity index (χ0v) is 16.1. The summed E-state index contributed by atoms with van der Waals surface area (Å²) < 4.78 is 14.0. The molecule has 4 aromatic rings. The van der Waals surface area contributed by atoms with Gasteiger partial charge in [0.15, 0.2) is 0 Å². The molecule has 0 saturated heterocycles. The summed E-state index contributed by atoms with van der Waals surface area (Å²) in [5.41, 5.74) is 5.30. The van der Waals surface area contributed by atoms with Crippen molar-refractivity contribution in [2.24, 2.45) is 0 Å². The van der Waals surface area contributed by atoms with Crippen LogP contribution < -0.4 is 16.4 Å². The Hall–Kier alpha value is -3.92. The average molecular weight is 423 g/mol. The number of fused-ring (bicyclic) bond motifs is 1. The average Bonchev–Trinajstić information content (AvgIpc) is 3.25. The van der Waals surface area contributed by atoms with E-state index in [1.807, 2.05) is 0 Å². The van der Waals surface area contributed by atoms with Gasteiger partial charge in [-0.15, -0.1) is 16.4 Å². The molecule has 0 spiro atoms. The van der Waals surface area contributed by atoms with Gasteiger partial charge >= 0.3 is 0 Å². The Morgan fingerprint density at radius 3 is 2.57 bits per heavy atom. The number of rotatable bonds is 4. The second-order valence-corrected chi connectivity index (χ2v) is 7.33. The van der Waals surface area contributed by atoms with Gasteiger partial charge in [-0.25, -0.2) is 9.07 Å². The molecule has 0 aliphatic rings. The largest absolute Gasteiger partial charge is 0.279 e. The van der Waals surface area contributed by atoms with Gasteiger partial charge in [-0.2, -0.15) is 0 Å². The van der Waals surface area contributed by atoms with E-state index in [9.17, 15) is 18.8 Å². The zero-order valence-electron chi connectivity index (χ0n) is 15.3. The number of benzene rings is 2. The number of carbonyl (C=O) groups is 2. The molecular formula is C20H14FN5O3S. The van der Waals surface area contributed by atoms with Crippen LogP contribution in [0.3, 0.4) is 0 Å². The number of aromatic nitrogens is 3. The summed E-state index contributed by atoms with van der Waals surface area (Å²) in [6.07, 6.45) is 0. The third kappa shape index (κ3) is 4.08. The summed E-state index contributed by atoms with van der Waals surface area (Å²) in [6.45, 7) is -0.401. The van der Waals surface area contributed by atoms with Crippen LogP contribution in [0.25, 0.3) is 21.3 Å². The molecule has 0 aliphatic carbocycles. The van der Waals surface area contributed by atoms with E-state index >= 15 is 0 Å². The van der Waals surface area contributed by atoms with Crippen LogP contribution >= 0.6 is 11.3 Å². The maximum absolute atomic E-state index is 13.0. The topological polar surface area (TPSA) is 106 Å². The first-order valence-electron chi connectivity index (χ1n) is 8.79. The van der Waals surface area contributed by atoms with Crippen LogP contribution in [0.1, 0.15) is 9.67 Å². The molecule has 0 aliphatic heterocycles. The fourth-order valence-corrected chi connectivity index (χ4v) is 3.63.